The molecule has 15 heavy (non-hydrogen) atoms. The monoisotopic (exact) mass is 282 g/mol. The molecule has 0 aliphatic heterocycles. The zero-order valence-electron chi connectivity index (χ0n) is 7.41. The first-order chi connectivity index (χ1) is 6.99. The molecule has 0 aliphatic carbocycles. The van der Waals surface area contributed by atoms with Crippen molar-refractivity contribution in [1.29, 1.82) is 0 Å². The maximum atomic E-state index is 12.6. The molecule has 0 atom stereocenters. The lowest BCUT2D eigenvalue weighted by atomic mass is 10.2. The highest BCUT2D eigenvalue weighted by atomic mass is 79.9. The average Bonchev–Trinajstić information content (AvgIpc) is 2.16. The Balaban J connectivity index is 3.51. The Bertz CT molecular complexity index is 400. The second-order valence-corrected chi connectivity index (χ2v) is 3.29. The summed E-state index contributed by atoms with van der Waals surface area (Å²) in [5.74, 6) is -0.445. The van der Waals surface area contributed by atoms with E-state index in [9.17, 15) is 18.9 Å². The predicted molar refractivity (Wildman–Crippen MR) is 50.1 cm³/mol. The van der Waals surface area contributed by atoms with E-state index >= 15 is 0 Å². The van der Waals surface area contributed by atoms with E-state index < -0.39 is 28.5 Å². The fraction of sp³-hybridized carbons (Fsp3) is 0.286. The van der Waals surface area contributed by atoms with E-state index in [-0.39, 0.29) is 4.47 Å². The number of nitrogens with zero attached hydrogens (tertiary/aromatic N) is 2. The Morgan fingerprint density at radius 3 is 2.67 bits per heavy atom. The van der Waals surface area contributed by atoms with Crippen LogP contribution in [0.4, 0.5) is 14.5 Å². The van der Waals surface area contributed by atoms with Crippen molar-refractivity contribution in [3.8, 4) is 5.88 Å². The summed E-state index contributed by atoms with van der Waals surface area (Å²) in [6.07, 6.45) is -1.98. The Labute approximate surface area is 91.3 Å². The number of pyridine rings is 1. The number of nitro groups is 1. The molecule has 1 aromatic heterocycles. The first-order valence-electron chi connectivity index (χ1n) is 3.64. The van der Waals surface area contributed by atoms with Gasteiger partial charge in [0.1, 0.15) is 4.47 Å². The van der Waals surface area contributed by atoms with Crippen LogP contribution in [0.5, 0.6) is 5.88 Å². The molecule has 5 nitrogen and oxygen atoms in total. The highest BCUT2D eigenvalue weighted by Gasteiger charge is 2.30. The normalized spacial score (nSPS) is 10.5. The van der Waals surface area contributed by atoms with Crippen molar-refractivity contribution in [3.05, 3.63) is 26.3 Å². The first-order valence-corrected chi connectivity index (χ1v) is 4.43. The molecule has 0 saturated heterocycles. The number of rotatable bonds is 3. The maximum absolute atomic E-state index is 12.6. The SMILES string of the molecule is COc1ncc(Br)c([N+](=O)[O-])c1C(F)F. The van der Waals surface area contributed by atoms with Crippen molar-refractivity contribution in [1.82, 2.24) is 4.98 Å². The third-order valence-electron chi connectivity index (χ3n) is 1.60. The topological polar surface area (TPSA) is 65.3 Å². The highest BCUT2D eigenvalue weighted by molar-refractivity contribution is 9.10. The molecular weight excluding hydrogens is 278 g/mol. The second kappa shape index (κ2) is 4.47. The van der Waals surface area contributed by atoms with Gasteiger partial charge in [0.2, 0.25) is 5.88 Å². The van der Waals surface area contributed by atoms with Crippen LogP contribution in [0, 0.1) is 10.1 Å². The van der Waals surface area contributed by atoms with Gasteiger partial charge < -0.3 is 4.74 Å². The smallest absolute Gasteiger partial charge is 0.299 e. The van der Waals surface area contributed by atoms with Crippen LogP contribution in [0.25, 0.3) is 0 Å². The van der Waals surface area contributed by atoms with Gasteiger partial charge in [-0.2, -0.15) is 0 Å². The lowest BCUT2D eigenvalue weighted by Gasteiger charge is -2.07. The number of hydrogen-bond donors (Lipinski definition) is 0. The van der Waals surface area contributed by atoms with E-state index in [1.54, 1.807) is 0 Å². The van der Waals surface area contributed by atoms with Gasteiger partial charge in [0.25, 0.3) is 12.1 Å². The van der Waals surface area contributed by atoms with Crippen molar-refractivity contribution in [2.24, 2.45) is 0 Å². The van der Waals surface area contributed by atoms with Crippen molar-refractivity contribution in [2.75, 3.05) is 7.11 Å². The molecule has 0 amide bonds. The molecule has 0 bridgehead atoms. The number of methoxy groups -OCH3 is 1. The van der Waals surface area contributed by atoms with Gasteiger partial charge in [-0.15, -0.1) is 0 Å². The van der Waals surface area contributed by atoms with Crippen LogP contribution >= 0.6 is 15.9 Å². The largest absolute Gasteiger partial charge is 0.480 e. The summed E-state index contributed by atoms with van der Waals surface area (Å²) in [5.41, 5.74) is -1.55. The van der Waals surface area contributed by atoms with Gasteiger partial charge in [0.15, 0.2) is 5.56 Å². The van der Waals surface area contributed by atoms with Crippen LogP contribution < -0.4 is 4.74 Å². The first kappa shape index (κ1) is 11.8. The van der Waals surface area contributed by atoms with E-state index in [4.69, 9.17) is 0 Å². The number of aromatic nitrogens is 1. The molecule has 0 N–H and O–H groups in total. The molecule has 1 heterocycles. The molecule has 0 saturated carbocycles. The quantitative estimate of drug-likeness (QED) is 0.632. The number of alkyl halides is 2. The van der Waals surface area contributed by atoms with E-state index in [2.05, 4.69) is 25.7 Å². The van der Waals surface area contributed by atoms with Crippen LogP contribution in [-0.2, 0) is 0 Å². The van der Waals surface area contributed by atoms with Crippen molar-refractivity contribution >= 4 is 21.6 Å². The Hall–Kier alpha value is -1.31. The summed E-state index contributed by atoms with van der Waals surface area (Å²) in [4.78, 5) is 13.2. The highest BCUT2D eigenvalue weighted by Crippen LogP contribution is 2.39. The van der Waals surface area contributed by atoms with E-state index in [0.717, 1.165) is 13.3 Å². The molecule has 0 aromatic carbocycles. The zero-order valence-corrected chi connectivity index (χ0v) is 8.99. The Kier molecular flexibility index (Phi) is 3.51. The van der Waals surface area contributed by atoms with Crippen LogP contribution in [0.1, 0.15) is 12.0 Å². The maximum Gasteiger partial charge on any atom is 0.299 e. The molecule has 0 radical (unpaired) electrons. The molecule has 0 aliphatic rings. The van der Waals surface area contributed by atoms with Crippen molar-refractivity contribution < 1.29 is 18.4 Å². The minimum Gasteiger partial charge on any atom is -0.480 e. The second-order valence-electron chi connectivity index (χ2n) is 2.44. The fourth-order valence-corrected chi connectivity index (χ4v) is 1.48. The van der Waals surface area contributed by atoms with Crippen LogP contribution in [0.2, 0.25) is 0 Å². The average molecular weight is 283 g/mol. The van der Waals surface area contributed by atoms with Gasteiger partial charge in [-0.05, 0) is 15.9 Å². The van der Waals surface area contributed by atoms with Crippen LogP contribution in [0.15, 0.2) is 10.7 Å². The lowest BCUT2D eigenvalue weighted by Crippen LogP contribution is -2.02. The minimum atomic E-state index is -3.02. The summed E-state index contributed by atoms with van der Waals surface area (Å²) < 4.78 is 29.6. The number of halogens is 3. The van der Waals surface area contributed by atoms with E-state index in [1.807, 2.05) is 0 Å². The Morgan fingerprint density at radius 2 is 2.27 bits per heavy atom. The summed E-state index contributed by atoms with van der Waals surface area (Å²) >= 11 is 2.79. The van der Waals surface area contributed by atoms with Gasteiger partial charge in [-0.25, -0.2) is 13.8 Å². The molecule has 8 heteroatoms. The number of ether oxygens (including phenoxy) is 1. The fourth-order valence-electron chi connectivity index (χ4n) is 1.02. The third-order valence-corrected chi connectivity index (χ3v) is 2.18. The summed E-state index contributed by atoms with van der Waals surface area (Å²) in [6.45, 7) is 0. The van der Waals surface area contributed by atoms with Crippen molar-refractivity contribution in [3.63, 3.8) is 0 Å². The van der Waals surface area contributed by atoms with Gasteiger partial charge >= 0.3 is 0 Å². The summed E-state index contributed by atoms with van der Waals surface area (Å²) in [5, 5.41) is 10.6. The molecule has 0 unspecified atom stereocenters. The molecular formula is C7H5BrF2N2O3. The zero-order chi connectivity index (χ0) is 11.6. The van der Waals surface area contributed by atoms with Crippen LogP contribution in [-0.4, -0.2) is 17.0 Å². The molecule has 82 valence electrons. The van der Waals surface area contributed by atoms with E-state index in [0.29, 0.717) is 0 Å². The van der Waals surface area contributed by atoms with Crippen LogP contribution in [0.3, 0.4) is 0 Å². The minimum absolute atomic E-state index is 0.108. The molecule has 1 aromatic rings. The predicted octanol–water partition coefficient (Wildman–Crippen LogP) is 2.70. The summed E-state index contributed by atoms with van der Waals surface area (Å²) in [6, 6.07) is 0. The molecule has 0 spiro atoms. The number of hydrogen-bond acceptors (Lipinski definition) is 4. The summed E-state index contributed by atoms with van der Waals surface area (Å²) in [7, 11) is 1.12. The van der Waals surface area contributed by atoms with Gasteiger partial charge in [0, 0.05) is 0 Å². The van der Waals surface area contributed by atoms with Gasteiger partial charge in [-0.1, -0.05) is 0 Å². The van der Waals surface area contributed by atoms with Crippen molar-refractivity contribution in [2.45, 2.75) is 6.43 Å². The van der Waals surface area contributed by atoms with E-state index in [1.165, 1.54) is 0 Å². The molecule has 0 fully saturated rings. The standard InChI is InChI=1S/C7H5BrF2N2O3/c1-15-7-4(6(9)10)5(12(13)14)3(8)2-11-7/h2,6H,1H3. The third kappa shape index (κ3) is 2.20. The lowest BCUT2D eigenvalue weighted by molar-refractivity contribution is -0.387. The van der Waals surface area contributed by atoms with Gasteiger partial charge in [-0.3, -0.25) is 10.1 Å². The Morgan fingerprint density at radius 1 is 1.67 bits per heavy atom. The molecule has 1 rings (SSSR count). The van der Waals surface area contributed by atoms with Gasteiger partial charge in [0.05, 0.1) is 18.2 Å².